The van der Waals surface area contributed by atoms with Crippen molar-refractivity contribution in [2.75, 3.05) is 19.6 Å². The molecule has 1 rings (SSSR count). The highest BCUT2D eigenvalue weighted by atomic mass is 16.2. The second-order valence-electron chi connectivity index (χ2n) is 6.01. The minimum absolute atomic E-state index is 0.0673. The second-order valence-corrected chi connectivity index (χ2v) is 6.01. The molecule has 5 nitrogen and oxygen atoms in total. The number of amides is 2. The monoisotopic (exact) mass is 283 g/mol. The van der Waals surface area contributed by atoms with E-state index < -0.39 is 0 Å². The zero-order chi connectivity index (χ0) is 15.1. The summed E-state index contributed by atoms with van der Waals surface area (Å²) in [6.45, 7) is 9.67. The molecule has 0 spiro atoms. The van der Waals surface area contributed by atoms with Gasteiger partial charge in [-0.1, -0.05) is 6.92 Å². The third kappa shape index (κ3) is 5.49. The van der Waals surface area contributed by atoms with Gasteiger partial charge in [-0.15, -0.1) is 0 Å². The summed E-state index contributed by atoms with van der Waals surface area (Å²) in [5, 5.41) is 6.24. The van der Waals surface area contributed by atoms with Gasteiger partial charge in [0, 0.05) is 25.0 Å². The van der Waals surface area contributed by atoms with Gasteiger partial charge in [0.15, 0.2) is 0 Å². The molecule has 116 valence electrons. The van der Waals surface area contributed by atoms with E-state index in [0.717, 1.165) is 6.54 Å². The molecule has 1 saturated heterocycles. The Bertz CT molecular complexity index is 331. The highest BCUT2D eigenvalue weighted by Crippen LogP contribution is 2.18. The normalized spacial score (nSPS) is 22.6. The zero-order valence-corrected chi connectivity index (χ0v) is 13.2. The summed E-state index contributed by atoms with van der Waals surface area (Å²) in [4.78, 5) is 25.7. The molecule has 0 aromatic rings. The van der Waals surface area contributed by atoms with E-state index in [-0.39, 0.29) is 30.4 Å². The molecule has 2 unspecified atom stereocenters. The van der Waals surface area contributed by atoms with E-state index in [1.165, 1.54) is 12.8 Å². The molecule has 1 fully saturated rings. The molecule has 0 bridgehead atoms. The van der Waals surface area contributed by atoms with Crippen molar-refractivity contribution in [2.45, 2.75) is 59.0 Å². The van der Waals surface area contributed by atoms with Crippen LogP contribution in [0.25, 0.3) is 0 Å². The van der Waals surface area contributed by atoms with Crippen LogP contribution in [0, 0.1) is 5.92 Å². The molecule has 1 aliphatic rings. The third-order valence-corrected chi connectivity index (χ3v) is 3.84. The molecule has 0 aromatic heterocycles. The van der Waals surface area contributed by atoms with Gasteiger partial charge in [-0.2, -0.15) is 0 Å². The van der Waals surface area contributed by atoms with Gasteiger partial charge in [0.05, 0.1) is 6.54 Å². The molecule has 2 N–H and O–H groups in total. The maximum absolute atomic E-state index is 12.3. The summed E-state index contributed by atoms with van der Waals surface area (Å²) in [5.41, 5.74) is 0. The summed E-state index contributed by atoms with van der Waals surface area (Å²) in [6, 6.07) is 0.356. The van der Waals surface area contributed by atoms with Crippen molar-refractivity contribution in [3.8, 4) is 0 Å². The fourth-order valence-electron chi connectivity index (χ4n) is 2.62. The average molecular weight is 283 g/mol. The van der Waals surface area contributed by atoms with E-state index in [0.29, 0.717) is 18.9 Å². The van der Waals surface area contributed by atoms with Gasteiger partial charge in [0.1, 0.15) is 0 Å². The first-order valence-electron chi connectivity index (χ1n) is 7.74. The predicted molar refractivity (Wildman–Crippen MR) is 80.3 cm³/mol. The Morgan fingerprint density at radius 3 is 2.65 bits per heavy atom. The van der Waals surface area contributed by atoms with Gasteiger partial charge >= 0.3 is 0 Å². The Morgan fingerprint density at radius 1 is 1.40 bits per heavy atom. The number of nitrogens with one attached hydrogen (secondary N) is 2. The largest absolute Gasteiger partial charge is 0.352 e. The fourth-order valence-corrected chi connectivity index (χ4v) is 2.62. The van der Waals surface area contributed by atoms with Crippen molar-refractivity contribution in [3.05, 3.63) is 0 Å². The van der Waals surface area contributed by atoms with Gasteiger partial charge in [-0.05, 0) is 46.1 Å². The lowest BCUT2D eigenvalue weighted by Crippen LogP contribution is -2.47. The van der Waals surface area contributed by atoms with E-state index in [1.54, 1.807) is 4.90 Å². The standard InChI is InChI=1S/C15H29N3O2/c1-5-18(10-14(19)17-11(2)3)15(20)9-13-12(4)7-6-8-16-13/h11-13,16H,5-10H2,1-4H3,(H,17,19). The zero-order valence-electron chi connectivity index (χ0n) is 13.2. The number of nitrogens with zero attached hydrogens (tertiary/aromatic N) is 1. The minimum Gasteiger partial charge on any atom is -0.352 e. The van der Waals surface area contributed by atoms with Gasteiger partial charge in [-0.25, -0.2) is 0 Å². The summed E-state index contributed by atoms with van der Waals surface area (Å²) < 4.78 is 0. The molecule has 0 aliphatic carbocycles. The fraction of sp³-hybridized carbons (Fsp3) is 0.867. The summed E-state index contributed by atoms with van der Waals surface area (Å²) in [7, 11) is 0. The van der Waals surface area contributed by atoms with Crippen molar-refractivity contribution < 1.29 is 9.59 Å². The Hall–Kier alpha value is -1.10. The molecule has 2 atom stereocenters. The van der Waals surface area contributed by atoms with Crippen LogP contribution in [-0.2, 0) is 9.59 Å². The highest BCUT2D eigenvalue weighted by Gasteiger charge is 2.25. The minimum atomic E-state index is -0.0835. The van der Waals surface area contributed by atoms with E-state index >= 15 is 0 Å². The number of hydrogen-bond acceptors (Lipinski definition) is 3. The highest BCUT2D eigenvalue weighted by molar-refractivity contribution is 5.85. The maximum Gasteiger partial charge on any atom is 0.239 e. The van der Waals surface area contributed by atoms with Crippen molar-refractivity contribution in [1.82, 2.24) is 15.5 Å². The summed E-state index contributed by atoms with van der Waals surface area (Å²) >= 11 is 0. The molecule has 0 radical (unpaired) electrons. The Kier molecular flexibility index (Phi) is 6.99. The van der Waals surface area contributed by atoms with Crippen molar-refractivity contribution in [3.63, 3.8) is 0 Å². The molecule has 5 heteroatoms. The van der Waals surface area contributed by atoms with Crippen LogP contribution in [0.5, 0.6) is 0 Å². The molecular weight excluding hydrogens is 254 g/mol. The molecule has 0 saturated carbocycles. The average Bonchev–Trinajstić information content (AvgIpc) is 2.37. The van der Waals surface area contributed by atoms with Gasteiger partial charge < -0.3 is 15.5 Å². The van der Waals surface area contributed by atoms with Crippen LogP contribution in [0.4, 0.5) is 0 Å². The van der Waals surface area contributed by atoms with E-state index in [2.05, 4.69) is 17.6 Å². The Morgan fingerprint density at radius 2 is 2.10 bits per heavy atom. The Balaban J connectivity index is 2.47. The molecule has 20 heavy (non-hydrogen) atoms. The molecule has 1 heterocycles. The Labute approximate surface area is 122 Å². The number of carbonyl (C=O) groups is 2. The number of likely N-dealkylation sites (N-methyl/N-ethyl adjacent to an activating group) is 1. The number of carbonyl (C=O) groups excluding carboxylic acids is 2. The third-order valence-electron chi connectivity index (χ3n) is 3.84. The first-order chi connectivity index (χ1) is 9.43. The lowest BCUT2D eigenvalue weighted by Gasteiger charge is -2.31. The molecule has 1 aliphatic heterocycles. The van der Waals surface area contributed by atoms with Crippen molar-refractivity contribution in [2.24, 2.45) is 5.92 Å². The van der Waals surface area contributed by atoms with E-state index in [1.807, 2.05) is 20.8 Å². The maximum atomic E-state index is 12.3. The van der Waals surface area contributed by atoms with Crippen LogP contribution in [-0.4, -0.2) is 48.4 Å². The first-order valence-corrected chi connectivity index (χ1v) is 7.74. The van der Waals surface area contributed by atoms with Crippen LogP contribution in [0.1, 0.15) is 47.0 Å². The lowest BCUT2D eigenvalue weighted by atomic mass is 9.90. The number of hydrogen-bond donors (Lipinski definition) is 2. The molecule has 0 aromatic carbocycles. The number of piperidine rings is 1. The predicted octanol–water partition coefficient (Wildman–Crippen LogP) is 1.14. The van der Waals surface area contributed by atoms with Gasteiger partial charge in [-0.3, -0.25) is 9.59 Å². The first kappa shape index (κ1) is 17.0. The summed E-state index contributed by atoms with van der Waals surface area (Å²) in [5.74, 6) is 0.508. The molecular formula is C15H29N3O2. The van der Waals surface area contributed by atoms with Crippen molar-refractivity contribution in [1.29, 1.82) is 0 Å². The molecule has 2 amide bonds. The van der Waals surface area contributed by atoms with Crippen LogP contribution >= 0.6 is 0 Å². The summed E-state index contributed by atoms with van der Waals surface area (Å²) in [6.07, 6.45) is 2.84. The van der Waals surface area contributed by atoms with E-state index in [4.69, 9.17) is 0 Å². The SMILES string of the molecule is CCN(CC(=O)NC(C)C)C(=O)CC1NCCCC1C. The second kappa shape index (κ2) is 8.25. The van der Waals surface area contributed by atoms with Gasteiger partial charge in [0.25, 0.3) is 0 Å². The van der Waals surface area contributed by atoms with Crippen LogP contribution < -0.4 is 10.6 Å². The van der Waals surface area contributed by atoms with Crippen LogP contribution in [0.15, 0.2) is 0 Å². The van der Waals surface area contributed by atoms with Crippen LogP contribution in [0.2, 0.25) is 0 Å². The topological polar surface area (TPSA) is 61.4 Å². The van der Waals surface area contributed by atoms with E-state index in [9.17, 15) is 9.59 Å². The van der Waals surface area contributed by atoms with Crippen LogP contribution in [0.3, 0.4) is 0 Å². The number of rotatable bonds is 6. The van der Waals surface area contributed by atoms with Crippen molar-refractivity contribution >= 4 is 11.8 Å². The smallest absolute Gasteiger partial charge is 0.239 e. The quantitative estimate of drug-likeness (QED) is 0.768. The lowest BCUT2D eigenvalue weighted by molar-refractivity contribution is -0.136. The van der Waals surface area contributed by atoms with Gasteiger partial charge in [0.2, 0.25) is 11.8 Å².